The molecule has 0 aromatic rings. The highest BCUT2D eigenvalue weighted by molar-refractivity contribution is 5.76. The fourth-order valence-corrected chi connectivity index (χ4v) is 2.06. The van der Waals surface area contributed by atoms with Crippen molar-refractivity contribution in [3.63, 3.8) is 0 Å². The molecular weight excluding hydrogens is 216 g/mol. The van der Waals surface area contributed by atoms with Crippen LogP contribution in [-0.2, 0) is 9.53 Å². The van der Waals surface area contributed by atoms with Gasteiger partial charge in [0.25, 0.3) is 0 Å². The van der Waals surface area contributed by atoms with Gasteiger partial charge in [0.15, 0.2) is 0 Å². The van der Waals surface area contributed by atoms with E-state index < -0.39 is 0 Å². The SMILES string of the molecule is CC(C)(CCN)CNC(=O)CC1CCCCO1. The first-order valence-electron chi connectivity index (χ1n) is 6.62. The van der Waals surface area contributed by atoms with E-state index in [0.717, 1.165) is 25.9 Å². The molecule has 0 spiro atoms. The van der Waals surface area contributed by atoms with E-state index in [1.807, 2.05) is 0 Å². The van der Waals surface area contributed by atoms with Crippen LogP contribution in [0.25, 0.3) is 0 Å². The second kappa shape index (κ2) is 6.97. The van der Waals surface area contributed by atoms with Gasteiger partial charge in [-0.1, -0.05) is 13.8 Å². The van der Waals surface area contributed by atoms with Gasteiger partial charge in [0, 0.05) is 13.2 Å². The second-order valence-electron chi connectivity index (χ2n) is 5.67. The van der Waals surface area contributed by atoms with Crippen LogP contribution in [0.1, 0.15) is 46.0 Å². The molecule has 1 unspecified atom stereocenters. The zero-order valence-corrected chi connectivity index (χ0v) is 11.1. The first-order valence-corrected chi connectivity index (χ1v) is 6.62. The van der Waals surface area contributed by atoms with Crippen molar-refractivity contribution in [2.75, 3.05) is 19.7 Å². The van der Waals surface area contributed by atoms with Gasteiger partial charge in [-0.2, -0.15) is 0 Å². The lowest BCUT2D eigenvalue weighted by atomic mass is 9.89. The van der Waals surface area contributed by atoms with Crippen LogP contribution < -0.4 is 11.1 Å². The van der Waals surface area contributed by atoms with Gasteiger partial charge in [-0.05, 0) is 37.6 Å². The summed E-state index contributed by atoms with van der Waals surface area (Å²) in [7, 11) is 0. The third-order valence-corrected chi connectivity index (χ3v) is 3.27. The van der Waals surface area contributed by atoms with Gasteiger partial charge in [-0.3, -0.25) is 4.79 Å². The van der Waals surface area contributed by atoms with Gasteiger partial charge < -0.3 is 15.8 Å². The van der Waals surface area contributed by atoms with Crippen LogP contribution in [0.4, 0.5) is 0 Å². The van der Waals surface area contributed by atoms with Crippen LogP contribution in [0.15, 0.2) is 0 Å². The fourth-order valence-electron chi connectivity index (χ4n) is 2.06. The van der Waals surface area contributed by atoms with E-state index in [0.29, 0.717) is 19.5 Å². The van der Waals surface area contributed by atoms with Crippen molar-refractivity contribution in [3.05, 3.63) is 0 Å². The van der Waals surface area contributed by atoms with E-state index in [1.54, 1.807) is 0 Å². The van der Waals surface area contributed by atoms with E-state index in [9.17, 15) is 4.79 Å². The molecule has 1 fully saturated rings. The zero-order chi connectivity index (χ0) is 12.7. The van der Waals surface area contributed by atoms with E-state index in [2.05, 4.69) is 19.2 Å². The Morgan fingerprint density at radius 3 is 2.82 bits per heavy atom. The van der Waals surface area contributed by atoms with Crippen molar-refractivity contribution >= 4 is 5.91 Å². The molecule has 1 amide bonds. The topological polar surface area (TPSA) is 64.3 Å². The van der Waals surface area contributed by atoms with Crippen LogP contribution in [-0.4, -0.2) is 31.7 Å². The molecule has 17 heavy (non-hydrogen) atoms. The van der Waals surface area contributed by atoms with Crippen molar-refractivity contribution < 1.29 is 9.53 Å². The van der Waals surface area contributed by atoms with Gasteiger partial charge in [-0.15, -0.1) is 0 Å². The molecule has 1 atom stereocenters. The molecule has 100 valence electrons. The highest BCUT2D eigenvalue weighted by Gasteiger charge is 2.20. The number of hydrogen-bond donors (Lipinski definition) is 2. The highest BCUT2D eigenvalue weighted by Crippen LogP contribution is 2.18. The monoisotopic (exact) mass is 242 g/mol. The zero-order valence-electron chi connectivity index (χ0n) is 11.1. The summed E-state index contributed by atoms with van der Waals surface area (Å²) in [5, 5.41) is 2.98. The smallest absolute Gasteiger partial charge is 0.222 e. The van der Waals surface area contributed by atoms with Crippen LogP contribution in [0.3, 0.4) is 0 Å². The van der Waals surface area contributed by atoms with E-state index in [-0.39, 0.29) is 17.4 Å². The molecule has 4 heteroatoms. The van der Waals surface area contributed by atoms with Crippen LogP contribution in [0, 0.1) is 5.41 Å². The molecule has 1 heterocycles. The minimum Gasteiger partial charge on any atom is -0.378 e. The lowest BCUT2D eigenvalue weighted by molar-refractivity contribution is -0.125. The second-order valence-corrected chi connectivity index (χ2v) is 5.67. The summed E-state index contributed by atoms with van der Waals surface area (Å²) in [4.78, 5) is 11.7. The molecule has 0 radical (unpaired) electrons. The van der Waals surface area contributed by atoms with Crippen molar-refractivity contribution in [3.8, 4) is 0 Å². The number of ether oxygens (including phenoxy) is 1. The summed E-state index contributed by atoms with van der Waals surface area (Å²) in [6.45, 7) is 6.40. The average Bonchev–Trinajstić information content (AvgIpc) is 2.28. The normalized spacial score (nSPS) is 21.2. The standard InChI is InChI=1S/C13H26N2O2/c1-13(2,6-7-14)10-15-12(16)9-11-5-3-4-8-17-11/h11H,3-10,14H2,1-2H3,(H,15,16). The molecule has 1 saturated heterocycles. The minimum atomic E-state index is 0.0812. The molecule has 3 N–H and O–H groups in total. The van der Waals surface area contributed by atoms with E-state index in [4.69, 9.17) is 10.5 Å². The summed E-state index contributed by atoms with van der Waals surface area (Å²) in [6.07, 6.45) is 4.87. The first kappa shape index (κ1) is 14.5. The maximum Gasteiger partial charge on any atom is 0.222 e. The van der Waals surface area contributed by atoms with Gasteiger partial charge in [-0.25, -0.2) is 0 Å². The van der Waals surface area contributed by atoms with Crippen LogP contribution >= 0.6 is 0 Å². The highest BCUT2D eigenvalue weighted by atomic mass is 16.5. The number of nitrogens with one attached hydrogen (secondary N) is 1. The molecule has 1 aliphatic heterocycles. The Balaban J connectivity index is 2.20. The largest absolute Gasteiger partial charge is 0.378 e. The quantitative estimate of drug-likeness (QED) is 0.740. The summed E-state index contributed by atoms with van der Waals surface area (Å²) in [6, 6.07) is 0. The van der Waals surface area contributed by atoms with Crippen molar-refractivity contribution in [1.29, 1.82) is 0 Å². The molecule has 0 bridgehead atoms. The molecule has 0 aromatic carbocycles. The Labute approximate surface area is 104 Å². The van der Waals surface area contributed by atoms with E-state index in [1.165, 1.54) is 6.42 Å². The Hall–Kier alpha value is -0.610. The predicted octanol–water partition coefficient (Wildman–Crippen LogP) is 1.44. The number of carbonyl (C=O) groups is 1. The van der Waals surface area contributed by atoms with E-state index >= 15 is 0 Å². The molecule has 1 aliphatic rings. The lowest BCUT2D eigenvalue weighted by Gasteiger charge is -2.26. The maximum absolute atomic E-state index is 11.7. The van der Waals surface area contributed by atoms with Gasteiger partial charge in [0.05, 0.1) is 12.5 Å². The fraction of sp³-hybridized carbons (Fsp3) is 0.923. The summed E-state index contributed by atoms with van der Waals surface area (Å²) < 4.78 is 5.55. The number of carbonyl (C=O) groups excluding carboxylic acids is 1. The molecular formula is C13H26N2O2. The summed E-state index contributed by atoms with van der Waals surface area (Å²) in [5.74, 6) is 0.0991. The Kier molecular flexibility index (Phi) is 5.92. The van der Waals surface area contributed by atoms with Gasteiger partial charge in [0.2, 0.25) is 5.91 Å². The number of amides is 1. The third kappa shape index (κ3) is 6.03. The van der Waals surface area contributed by atoms with Gasteiger partial charge in [0.1, 0.15) is 0 Å². The minimum absolute atomic E-state index is 0.0812. The third-order valence-electron chi connectivity index (χ3n) is 3.27. The first-order chi connectivity index (χ1) is 8.03. The average molecular weight is 242 g/mol. The van der Waals surface area contributed by atoms with Crippen molar-refractivity contribution in [1.82, 2.24) is 5.32 Å². The number of nitrogens with two attached hydrogens (primary N) is 1. The summed E-state index contributed by atoms with van der Waals surface area (Å²) >= 11 is 0. The predicted molar refractivity (Wildman–Crippen MR) is 68.7 cm³/mol. The number of hydrogen-bond acceptors (Lipinski definition) is 3. The molecule has 0 saturated carbocycles. The molecule has 1 rings (SSSR count). The Bertz CT molecular complexity index is 236. The Morgan fingerprint density at radius 2 is 2.24 bits per heavy atom. The molecule has 0 aromatic heterocycles. The lowest BCUT2D eigenvalue weighted by Crippen LogP contribution is -2.37. The van der Waals surface area contributed by atoms with Crippen LogP contribution in [0.5, 0.6) is 0 Å². The number of rotatable bonds is 6. The van der Waals surface area contributed by atoms with Gasteiger partial charge >= 0.3 is 0 Å². The van der Waals surface area contributed by atoms with Crippen molar-refractivity contribution in [2.45, 2.75) is 52.1 Å². The molecule has 4 nitrogen and oxygen atoms in total. The van der Waals surface area contributed by atoms with Crippen LogP contribution in [0.2, 0.25) is 0 Å². The van der Waals surface area contributed by atoms with Crippen molar-refractivity contribution in [2.24, 2.45) is 11.1 Å². The summed E-state index contributed by atoms with van der Waals surface area (Å²) in [5.41, 5.74) is 5.62. The Morgan fingerprint density at radius 1 is 1.47 bits per heavy atom. The maximum atomic E-state index is 11.7. The molecule has 0 aliphatic carbocycles.